The van der Waals surface area contributed by atoms with Crippen LogP contribution in [0.2, 0.25) is 0 Å². The van der Waals surface area contributed by atoms with Gasteiger partial charge in [-0.2, -0.15) is 12.6 Å². The SMILES string of the molecule is Cc1c(C)n(C)c2c(N3CCc4ccccc4C3)ncc(CS)c12.Cl. The molecule has 0 bridgehead atoms. The molecule has 0 unspecified atom stereocenters. The minimum atomic E-state index is 0. The van der Waals surface area contributed by atoms with Gasteiger partial charge in [0.05, 0.1) is 5.52 Å². The highest BCUT2D eigenvalue weighted by Crippen LogP contribution is 2.35. The van der Waals surface area contributed by atoms with E-state index in [4.69, 9.17) is 4.98 Å². The Labute approximate surface area is 160 Å². The first-order valence-electron chi connectivity index (χ1n) is 8.48. The third-order valence-corrected chi connectivity index (χ3v) is 5.81. The number of benzene rings is 1. The van der Waals surface area contributed by atoms with E-state index in [9.17, 15) is 0 Å². The molecule has 1 aliphatic rings. The molecule has 0 aliphatic carbocycles. The summed E-state index contributed by atoms with van der Waals surface area (Å²) in [7, 11) is 2.15. The Morgan fingerprint density at radius 2 is 1.88 bits per heavy atom. The number of hydrogen-bond acceptors (Lipinski definition) is 3. The highest BCUT2D eigenvalue weighted by molar-refractivity contribution is 7.79. The van der Waals surface area contributed by atoms with E-state index in [1.807, 2.05) is 6.20 Å². The molecule has 132 valence electrons. The number of anilines is 1. The summed E-state index contributed by atoms with van der Waals surface area (Å²) in [6, 6.07) is 8.75. The Hall–Kier alpha value is -1.65. The molecule has 0 N–H and O–H groups in total. The van der Waals surface area contributed by atoms with Crippen LogP contribution in [0.15, 0.2) is 30.5 Å². The summed E-state index contributed by atoms with van der Waals surface area (Å²) in [5, 5.41) is 1.33. The average molecular weight is 374 g/mol. The minimum absolute atomic E-state index is 0. The van der Waals surface area contributed by atoms with Gasteiger partial charge in [0.1, 0.15) is 0 Å². The minimum Gasteiger partial charge on any atom is -0.350 e. The van der Waals surface area contributed by atoms with Gasteiger partial charge in [0.15, 0.2) is 5.82 Å². The van der Waals surface area contributed by atoms with Crippen molar-refractivity contribution in [2.75, 3.05) is 11.4 Å². The highest BCUT2D eigenvalue weighted by Gasteiger charge is 2.23. The summed E-state index contributed by atoms with van der Waals surface area (Å²) in [6.07, 6.45) is 3.09. The Balaban J connectivity index is 0.00000182. The fraction of sp³-hybridized carbons (Fsp3) is 0.350. The van der Waals surface area contributed by atoms with Gasteiger partial charge < -0.3 is 9.47 Å². The van der Waals surface area contributed by atoms with Crippen molar-refractivity contribution in [2.24, 2.45) is 7.05 Å². The van der Waals surface area contributed by atoms with E-state index in [-0.39, 0.29) is 12.4 Å². The molecule has 0 radical (unpaired) electrons. The molecule has 3 aromatic rings. The van der Waals surface area contributed by atoms with Crippen LogP contribution in [0, 0.1) is 13.8 Å². The molecular formula is C20H24ClN3S. The number of halogens is 1. The van der Waals surface area contributed by atoms with Crippen LogP contribution in [-0.2, 0) is 25.8 Å². The predicted octanol–water partition coefficient (Wildman–Crippen LogP) is 4.60. The van der Waals surface area contributed by atoms with Crippen molar-refractivity contribution in [3.8, 4) is 0 Å². The van der Waals surface area contributed by atoms with Gasteiger partial charge in [-0.05, 0) is 42.5 Å². The Morgan fingerprint density at radius 3 is 2.60 bits per heavy atom. The molecular weight excluding hydrogens is 350 g/mol. The fourth-order valence-electron chi connectivity index (χ4n) is 3.89. The van der Waals surface area contributed by atoms with E-state index >= 15 is 0 Å². The monoisotopic (exact) mass is 373 g/mol. The van der Waals surface area contributed by atoms with Crippen LogP contribution in [0.5, 0.6) is 0 Å². The van der Waals surface area contributed by atoms with Gasteiger partial charge in [-0.25, -0.2) is 4.98 Å². The van der Waals surface area contributed by atoms with Crippen LogP contribution in [0.4, 0.5) is 5.82 Å². The molecule has 1 aromatic carbocycles. The van der Waals surface area contributed by atoms with Gasteiger partial charge in [0, 0.05) is 43.2 Å². The van der Waals surface area contributed by atoms with E-state index in [0.29, 0.717) is 0 Å². The van der Waals surface area contributed by atoms with Gasteiger partial charge in [0.25, 0.3) is 0 Å². The summed E-state index contributed by atoms with van der Waals surface area (Å²) >= 11 is 4.51. The van der Waals surface area contributed by atoms with Gasteiger partial charge in [0.2, 0.25) is 0 Å². The average Bonchev–Trinajstić information content (AvgIpc) is 2.85. The lowest BCUT2D eigenvalue weighted by Crippen LogP contribution is -2.31. The van der Waals surface area contributed by atoms with E-state index in [0.717, 1.165) is 31.1 Å². The molecule has 0 amide bonds. The summed E-state index contributed by atoms with van der Waals surface area (Å²) in [5.74, 6) is 1.82. The zero-order chi connectivity index (χ0) is 16.8. The first-order chi connectivity index (χ1) is 11.6. The third kappa shape index (κ3) is 2.81. The van der Waals surface area contributed by atoms with Crippen molar-refractivity contribution in [2.45, 2.75) is 32.6 Å². The second-order valence-electron chi connectivity index (χ2n) is 6.70. The topological polar surface area (TPSA) is 21.1 Å². The molecule has 5 heteroatoms. The van der Waals surface area contributed by atoms with Gasteiger partial charge in [-0.3, -0.25) is 0 Å². The van der Waals surface area contributed by atoms with Gasteiger partial charge >= 0.3 is 0 Å². The zero-order valence-electron chi connectivity index (χ0n) is 14.9. The first-order valence-corrected chi connectivity index (χ1v) is 9.11. The molecule has 4 rings (SSSR count). The number of thiol groups is 1. The maximum Gasteiger partial charge on any atom is 0.153 e. The normalized spacial score (nSPS) is 13.7. The van der Waals surface area contributed by atoms with E-state index in [1.54, 1.807) is 0 Å². The highest BCUT2D eigenvalue weighted by atomic mass is 35.5. The zero-order valence-corrected chi connectivity index (χ0v) is 16.6. The Kier molecular flexibility index (Phi) is 5.03. The number of pyridine rings is 1. The van der Waals surface area contributed by atoms with Crippen molar-refractivity contribution >= 4 is 41.8 Å². The number of hydrogen-bond donors (Lipinski definition) is 1. The van der Waals surface area contributed by atoms with Crippen LogP contribution in [-0.4, -0.2) is 16.1 Å². The summed E-state index contributed by atoms with van der Waals surface area (Å²) < 4.78 is 2.29. The molecule has 3 heterocycles. The molecule has 0 saturated heterocycles. The van der Waals surface area contributed by atoms with Crippen molar-refractivity contribution in [3.63, 3.8) is 0 Å². The summed E-state index contributed by atoms with van der Waals surface area (Å²) in [6.45, 7) is 6.34. The van der Waals surface area contributed by atoms with E-state index in [2.05, 4.69) is 67.3 Å². The maximum atomic E-state index is 4.85. The van der Waals surface area contributed by atoms with Gasteiger partial charge in [-0.1, -0.05) is 24.3 Å². The van der Waals surface area contributed by atoms with Crippen LogP contribution in [0.3, 0.4) is 0 Å². The van der Waals surface area contributed by atoms with Crippen molar-refractivity contribution in [1.29, 1.82) is 0 Å². The standard InChI is InChI=1S/C20H23N3S.ClH/c1-13-14(2)22(3)19-18(13)17(12-24)10-21-20(19)23-9-8-15-6-4-5-7-16(15)11-23;/h4-7,10,24H,8-9,11-12H2,1-3H3;1H. The number of aryl methyl sites for hydroxylation is 2. The van der Waals surface area contributed by atoms with Crippen molar-refractivity contribution in [1.82, 2.24) is 9.55 Å². The van der Waals surface area contributed by atoms with E-state index < -0.39 is 0 Å². The van der Waals surface area contributed by atoms with E-state index in [1.165, 1.54) is 38.9 Å². The molecule has 25 heavy (non-hydrogen) atoms. The predicted molar refractivity (Wildman–Crippen MR) is 111 cm³/mol. The molecule has 0 spiro atoms. The number of rotatable bonds is 2. The molecule has 3 nitrogen and oxygen atoms in total. The lowest BCUT2D eigenvalue weighted by Gasteiger charge is -2.30. The molecule has 2 aromatic heterocycles. The summed E-state index contributed by atoms with van der Waals surface area (Å²) in [4.78, 5) is 7.27. The number of fused-ring (bicyclic) bond motifs is 2. The largest absolute Gasteiger partial charge is 0.350 e. The van der Waals surface area contributed by atoms with Gasteiger partial charge in [-0.15, -0.1) is 12.4 Å². The van der Waals surface area contributed by atoms with Crippen molar-refractivity contribution in [3.05, 3.63) is 58.4 Å². The van der Waals surface area contributed by atoms with Crippen molar-refractivity contribution < 1.29 is 0 Å². The van der Waals surface area contributed by atoms with Crippen LogP contribution < -0.4 is 4.90 Å². The molecule has 0 saturated carbocycles. The smallest absolute Gasteiger partial charge is 0.153 e. The Morgan fingerprint density at radius 1 is 1.16 bits per heavy atom. The first kappa shape index (κ1) is 18.2. The lowest BCUT2D eigenvalue weighted by atomic mass is 9.99. The number of nitrogens with zero attached hydrogens (tertiary/aromatic N) is 3. The summed E-state index contributed by atoms with van der Waals surface area (Å²) in [5.41, 5.74) is 8.00. The second kappa shape index (κ2) is 6.93. The third-order valence-electron chi connectivity index (χ3n) is 5.47. The molecule has 1 aliphatic heterocycles. The lowest BCUT2D eigenvalue weighted by molar-refractivity contribution is 0.720. The Bertz CT molecular complexity index is 932. The molecule has 0 atom stereocenters. The fourth-order valence-corrected chi connectivity index (χ4v) is 4.13. The van der Waals surface area contributed by atoms with Crippen LogP contribution in [0.1, 0.15) is 27.9 Å². The molecule has 0 fully saturated rings. The second-order valence-corrected chi connectivity index (χ2v) is 7.01. The quantitative estimate of drug-likeness (QED) is 0.662. The van der Waals surface area contributed by atoms with Crippen LogP contribution >= 0.6 is 25.0 Å². The van der Waals surface area contributed by atoms with Crippen LogP contribution in [0.25, 0.3) is 10.9 Å². The maximum absolute atomic E-state index is 4.85. The number of aromatic nitrogens is 2.